The summed E-state index contributed by atoms with van der Waals surface area (Å²) in [4.78, 5) is 11.3. The standard InChI is InChI=1S/C15H16N2O/c18-11-15-13-8-4-5-9-14(13)16-17(15)10-12-6-2-1-3-7-12/h1-3,6-7,11H,4-5,8-10H2. The quantitative estimate of drug-likeness (QED) is 0.773. The second-order valence-corrected chi connectivity index (χ2v) is 4.78. The number of carbonyl (C=O) groups is 1. The van der Waals surface area contributed by atoms with Crippen molar-refractivity contribution in [2.75, 3.05) is 0 Å². The number of carbonyl (C=O) groups excluding carboxylic acids is 1. The highest BCUT2D eigenvalue weighted by atomic mass is 16.1. The van der Waals surface area contributed by atoms with Crippen molar-refractivity contribution < 1.29 is 4.79 Å². The van der Waals surface area contributed by atoms with Crippen LogP contribution in [0.2, 0.25) is 0 Å². The highest BCUT2D eigenvalue weighted by Gasteiger charge is 2.19. The van der Waals surface area contributed by atoms with Gasteiger partial charge in [-0.25, -0.2) is 0 Å². The summed E-state index contributed by atoms with van der Waals surface area (Å²) in [7, 11) is 0. The average molecular weight is 240 g/mol. The molecule has 0 N–H and O–H groups in total. The van der Waals surface area contributed by atoms with Crippen molar-refractivity contribution in [3.05, 3.63) is 52.8 Å². The summed E-state index contributed by atoms with van der Waals surface area (Å²) in [5.74, 6) is 0. The number of aryl methyl sites for hydroxylation is 1. The van der Waals surface area contributed by atoms with E-state index in [0.29, 0.717) is 6.54 Å². The van der Waals surface area contributed by atoms with Gasteiger partial charge in [0.25, 0.3) is 0 Å². The molecule has 1 aliphatic carbocycles. The molecule has 2 aromatic rings. The van der Waals surface area contributed by atoms with Crippen LogP contribution in [0.4, 0.5) is 0 Å². The molecule has 0 amide bonds. The molecule has 0 bridgehead atoms. The van der Waals surface area contributed by atoms with Crippen LogP contribution in [-0.4, -0.2) is 16.1 Å². The lowest BCUT2D eigenvalue weighted by atomic mass is 9.96. The van der Waals surface area contributed by atoms with Gasteiger partial charge in [0.15, 0.2) is 6.29 Å². The van der Waals surface area contributed by atoms with E-state index < -0.39 is 0 Å². The first-order chi connectivity index (χ1) is 8.88. The maximum atomic E-state index is 11.3. The van der Waals surface area contributed by atoms with Crippen LogP contribution >= 0.6 is 0 Å². The lowest BCUT2D eigenvalue weighted by molar-refractivity contribution is 0.111. The first kappa shape index (κ1) is 11.2. The van der Waals surface area contributed by atoms with Crippen molar-refractivity contribution in [1.82, 2.24) is 9.78 Å². The van der Waals surface area contributed by atoms with Crippen LogP contribution in [0, 0.1) is 0 Å². The minimum absolute atomic E-state index is 0.682. The third-order valence-electron chi connectivity index (χ3n) is 3.55. The van der Waals surface area contributed by atoms with Crippen LogP contribution in [0.25, 0.3) is 0 Å². The molecule has 18 heavy (non-hydrogen) atoms. The van der Waals surface area contributed by atoms with Crippen molar-refractivity contribution in [3.8, 4) is 0 Å². The van der Waals surface area contributed by atoms with E-state index in [-0.39, 0.29) is 0 Å². The van der Waals surface area contributed by atoms with E-state index >= 15 is 0 Å². The number of nitrogens with zero attached hydrogens (tertiary/aromatic N) is 2. The number of fused-ring (bicyclic) bond motifs is 1. The molecule has 1 aromatic heterocycles. The number of hydrogen-bond donors (Lipinski definition) is 0. The fourth-order valence-electron chi connectivity index (χ4n) is 2.64. The predicted molar refractivity (Wildman–Crippen MR) is 69.8 cm³/mol. The molecule has 0 unspecified atom stereocenters. The van der Waals surface area contributed by atoms with E-state index in [1.54, 1.807) is 0 Å². The molecule has 3 rings (SSSR count). The molecule has 3 nitrogen and oxygen atoms in total. The average Bonchev–Trinajstić information content (AvgIpc) is 2.77. The molecule has 0 atom stereocenters. The second-order valence-electron chi connectivity index (χ2n) is 4.78. The topological polar surface area (TPSA) is 34.9 Å². The zero-order valence-corrected chi connectivity index (χ0v) is 10.3. The van der Waals surface area contributed by atoms with Gasteiger partial charge in [0.05, 0.1) is 12.2 Å². The van der Waals surface area contributed by atoms with Gasteiger partial charge >= 0.3 is 0 Å². The van der Waals surface area contributed by atoms with E-state index in [0.717, 1.165) is 30.5 Å². The van der Waals surface area contributed by atoms with E-state index in [4.69, 9.17) is 0 Å². The lowest BCUT2D eigenvalue weighted by Gasteiger charge is -2.08. The molecule has 0 aliphatic heterocycles. The number of aldehydes is 1. The van der Waals surface area contributed by atoms with Gasteiger partial charge in [0.2, 0.25) is 0 Å². The highest BCUT2D eigenvalue weighted by Crippen LogP contribution is 2.23. The number of aromatic nitrogens is 2. The van der Waals surface area contributed by atoms with Gasteiger partial charge in [0.1, 0.15) is 5.69 Å². The van der Waals surface area contributed by atoms with E-state index in [1.807, 2.05) is 22.9 Å². The summed E-state index contributed by atoms with van der Waals surface area (Å²) in [6.45, 7) is 0.682. The van der Waals surface area contributed by atoms with Gasteiger partial charge in [0, 0.05) is 5.56 Å². The first-order valence-corrected chi connectivity index (χ1v) is 6.46. The molecule has 0 radical (unpaired) electrons. The molecule has 0 saturated carbocycles. The smallest absolute Gasteiger partial charge is 0.168 e. The number of rotatable bonds is 3. The monoisotopic (exact) mass is 240 g/mol. The molecule has 0 saturated heterocycles. The Bertz CT molecular complexity index is 557. The van der Waals surface area contributed by atoms with E-state index in [9.17, 15) is 4.79 Å². The van der Waals surface area contributed by atoms with Gasteiger partial charge in [-0.1, -0.05) is 30.3 Å². The summed E-state index contributed by atoms with van der Waals surface area (Å²) in [5.41, 5.74) is 4.25. The van der Waals surface area contributed by atoms with Crippen LogP contribution in [0.1, 0.15) is 40.2 Å². The fraction of sp³-hybridized carbons (Fsp3) is 0.333. The largest absolute Gasteiger partial charge is 0.296 e. The molecule has 1 aliphatic rings. The molecule has 3 heteroatoms. The van der Waals surface area contributed by atoms with Crippen molar-refractivity contribution in [2.24, 2.45) is 0 Å². The van der Waals surface area contributed by atoms with Crippen molar-refractivity contribution in [3.63, 3.8) is 0 Å². The van der Waals surface area contributed by atoms with Crippen LogP contribution in [0.5, 0.6) is 0 Å². The first-order valence-electron chi connectivity index (χ1n) is 6.46. The Morgan fingerprint density at radius 1 is 1.17 bits per heavy atom. The maximum Gasteiger partial charge on any atom is 0.168 e. The predicted octanol–water partition coefficient (Wildman–Crippen LogP) is 2.62. The molecule has 0 spiro atoms. The van der Waals surface area contributed by atoms with Crippen LogP contribution in [-0.2, 0) is 19.4 Å². The van der Waals surface area contributed by atoms with Gasteiger partial charge in [-0.05, 0) is 31.2 Å². The third-order valence-corrected chi connectivity index (χ3v) is 3.55. The Balaban J connectivity index is 1.97. The molecule has 1 heterocycles. The molecular formula is C15H16N2O. The van der Waals surface area contributed by atoms with E-state index in [1.165, 1.54) is 24.0 Å². The van der Waals surface area contributed by atoms with Crippen LogP contribution in [0.15, 0.2) is 30.3 Å². The molecule has 1 aromatic carbocycles. The molecular weight excluding hydrogens is 224 g/mol. The van der Waals surface area contributed by atoms with Crippen molar-refractivity contribution >= 4 is 6.29 Å². The third kappa shape index (κ3) is 1.96. The normalized spacial score (nSPS) is 14.2. The number of benzene rings is 1. The zero-order valence-electron chi connectivity index (χ0n) is 10.3. The minimum atomic E-state index is 0.682. The summed E-state index contributed by atoms with van der Waals surface area (Å²) < 4.78 is 1.86. The Morgan fingerprint density at radius 3 is 2.72 bits per heavy atom. The van der Waals surface area contributed by atoms with Crippen LogP contribution in [0.3, 0.4) is 0 Å². The lowest BCUT2D eigenvalue weighted by Crippen LogP contribution is -2.06. The summed E-state index contributed by atoms with van der Waals surface area (Å²) >= 11 is 0. The van der Waals surface area contributed by atoms with Gasteiger partial charge < -0.3 is 0 Å². The summed E-state index contributed by atoms with van der Waals surface area (Å²) in [6.07, 6.45) is 5.33. The molecule has 92 valence electrons. The van der Waals surface area contributed by atoms with Crippen molar-refractivity contribution in [1.29, 1.82) is 0 Å². The van der Waals surface area contributed by atoms with Gasteiger partial charge in [-0.15, -0.1) is 0 Å². The summed E-state index contributed by atoms with van der Waals surface area (Å²) in [6, 6.07) is 10.2. The maximum absolute atomic E-state index is 11.3. The van der Waals surface area contributed by atoms with Gasteiger partial charge in [-0.3, -0.25) is 9.48 Å². The highest BCUT2D eigenvalue weighted by molar-refractivity contribution is 5.75. The SMILES string of the molecule is O=Cc1c2c(nn1Cc1ccccc1)CCCC2. The van der Waals surface area contributed by atoms with E-state index in [2.05, 4.69) is 17.2 Å². The Hall–Kier alpha value is -1.90. The Morgan fingerprint density at radius 2 is 1.94 bits per heavy atom. The second kappa shape index (κ2) is 4.77. The Labute approximate surface area is 106 Å². The fourth-order valence-corrected chi connectivity index (χ4v) is 2.64. The Kier molecular flexibility index (Phi) is 2.97. The number of hydrogen-bond acceptors (Lipinski definition) is 2. The summed E-state index contributed by atoms with van der Waals surface area (Å²) in [5, 5.41) is 4.60. The van der Waals surface area contributed by atoms with Gasteiger partial charge in [-0.2, -0.15) is 5.10 Å². The minimum Gasteiger partial charge on any atom is -0.296 e. The molecule has 0 fully saturated rings. The van der Waals surface area contributed by atoms with Crippen molar-refractivity contribution in [2.45, 2.75) is 32.2 Å². The zero-order chi connectivity index (χ0) is 12.4. The van der Waals surface area contributed by atoms with Crippen LogP contribution < -0.4 is 0 Å².